The number of rotatable bonds is 3. The van der Waals surface area contributed by atoms with Crippen molar-refractivity contribution in [2.24, 2.45) is 0 Å². The van der Waals surface area contributed by atoms with E-state index in [0.717, 1.165) is 18.4 Å². The maximum atomic E-state index is 12.7. The summed E-state index contributed by atoms with van der Waals surface area (Å²) in [6, 6.07) is 6.65. The molecule has 0 bridgehead atoms. The van der Waals surface area contributed by atoms with Gasteiger partial charge in [-0.1, -0.05) is 0 Å². The van der Waals surface area contributed by atoms with Crippen LogP contribution >= 0.6 is 0 Å². The molecule has 6 heteroatoms. The van der Waals surface area contributed by atoms with Gasteiger partial charge in [-0.3, -0.25) is 14.6 Å². The van der Waals surface area contributed by atoms with Crippen molar-refractivity contribution in [1.29, 1.82) is 0 Å². The monoisotopic (exact) mass is 324 g/mol. The van der Waals surface area contributed by atoms with Gasteiger partial charge in [0.1, 0.15) is 11.9 Å². The fourth-order valence-corrected chi connectivity index (χ4v) is 2.92. The maximum absolute atomic E-state index is 12.7. The molecule has 124 valence electrons. The van der Waals surface area contributed by atoms with Gasteiger partial charge in [0.2, 0.25) is 5.91 Å². The van der Waals surface area contributed by atoms with Crippen LogP contribution in [0.1, 0.15) is 35.2 Å². The van der Waals surface area contributed by atoms with E-state index in [-0.39, 0.29) is 11.8 Å². The molecule has 0 saturated carbocycles. The third kappa shape index (κ3) is 3.59. The van der Waals surface area contributed by atoms with Gasteiger partial charge in [0.05, 0.1) is 5.56 Å². The number of likely N-dealkylation sites (tertiary alicyclic amines) is 1. The summed E-state index contributed by atoms with van der Waals surface area (Å²) in [5.74, 6) is 0.171. The van der Waals surface area contributed by atoms with Crippen molar-refractivity contribution in [3.63, 3.8) is 0 Å². The van der Waals surface area contributed by atoms with E-state index >= 15 is 0 Å². The number of piperidine rings is 1. The first-order chi connectivity index (χ1) is 11.6. The third-order valence-electron chi connectivity index (χ3n) is 4.14. The number of pyridine rings is 2. The Morgan fingerprint density at radius 3 is 2.88 bits per heavy atom. The average Bonchev–Trinajstić information content (AvgIpc) is 2.62. The van der Waals surface area contributed by atoms with E-state index in [1.807, 2.05) is 19.1 Å². The van der Waals surface area contributed by atoms with Crippen molar-refractivity contribution < 1.29 is 9.59 Å². The summed E-state index contributed by atoms with van der Waals surface area (Å²) in [5, 5.41) is 2.83. The number of aryl methyl sites for hydroxylation is 1. The van der Waals surface area contributed by atoms with Crippen LogP contribution in [0.3, 0.4) is 0 Å². The van der Waals surface area contributed by atoms with Gasteiger partial charge >= 0.3 is 0 Å². The minimum Gasteiger partial charge on any atom is -0.327 e. The number of carbonyl (C=O) groups excluding carboxylic acids is 2. The highest BCUT2D eigenvalue weighted by atomic mass is 16.2. The number of hydrogen-bond donors (Lipinski definition) is 1. The molecule has 1 saturated heterocycles. The van der Waals surface area contributed by atoms with Crippen molar-refractivity contribution >= 4 is 17.6 Å². The highest BCUT2D eigenvalue weighted by Gasteiger charge is 2.32. The molecule has 2 amide bonds. The number of nitrogens with zero attached hydrogens (tertiary/aromatic N) is 3. The molecule has 1 unspecified atom stereocenters. The Labute approximate surface area is 140 Å². The molecule has 0 spiro atoms. The van der Waals surface area contributed by atoms with Crippen LogP contribution in [0.2, 0.25) is 0 Å². The molecule has 0 aromatic carbocycles. The molecule has 2 aromatic heterocycles. The van der Waals surface area contributed by atoms with Crippen molar-refractivity contribution in [3.05, 3.63) is 54.0 Å². The summed E-state index contributed by atoms with van der Waals surface area (Å²) in [6.45, 7) is 2.52. The van der Waals surface area contributed by atoms with Crippen LogP contribution < -0.4 is 5.32 Å². The number of hydrogen-bond acceptors (Lipinski definition) is 4. The fourth-order valence-electron chi connectivity index (χ4n) is 2.92. The van der Waals surface area contributed by atoms with E-state index < -0.39 is 6.04 Å². The molecule has 0 aliphatic carbocycles. The van der Waals surface area contributed by atoms with Gasteiger partial charge in [0, 0.05) is 25.1 Å². The van der Waals surface area contributed by atoms with E-state index in [2.05, 4.69) is 15.3 Å². The predicted octanol–water partition coefficient (Wildman–Crippen LogP) is 2.42. The minimum absolute atomic E-state index is 0.153. The van der Waals surface area contributed by atoms with Crippen LogP contribution in [-0.2, 0) is 4.79 Å². The summed E-state index contributed by atoms with van der Waals surface area (Å²) >= 11 is 0. The molecule has 1 aliphatic heterocycles. The minimum atomic E-state index is -0.478. The number of anilines is 1. The lowest BCUT2D eigenvalue weighted by atomic mass is 10.00. The van der Waals surface area contributed by atoms with Crippen LogP contribution in [0, 0.1) is 6.92 Å². The van der Waals surface area contributed by atoms with Gasteiger partial charge in [-0.25, -0.2) is 4.98 Å². The quantitative estimate of drug-likeness (QED) is 0.941. The first kappa shape index (κ1) is 16.1. The zero-order chi connectivity index (χ0) is 16.9. The Bertz CT molecular complexity index is 733. The Hall–Kier alpha value is -2.76. The smallest absolute Gasteiger partial charge is 0.256 e. The Morgan fingerprint density at radius 2 is 2.12 bits per heavy atom. The van der Waals surface area contributed by atoms with Crippen molar-refractivity contribution in [2.75, 3.05) is 11.9 Å². The van der Waals surface area contributed by atoms with Crippen LogP contribution in [0.25, 0.3) is 0 Å². The third-order valence-corrected chi connectivity index (χ3v) is 4.14. The summed E-state index contributed by atoms with van der Waals surface area (Å²) in [5.41, 5.74) is 1.53. The van der Waals surface area contributed by atoms with E-state index in [1.54, 1.807) is 29.4 Å². The van der Waals surface area contributed by atoms with Crippen LogP contribution in [0.15, 0.2) is 42.9 Å². The lowest BCUT2D eigenvalue weighted by Gasteiger charge is -2.34. The average molecular weight is 324 g/mol. The molecule has 24 heavy (non-hydrogen) atoms. The lowest BCUT2D eigenvalue weighted by molar-refractivity contribution is -0.121. The molecule has 2 aromatic rings. The highest BCUT2D eigenvalue weighted by Crippen LogP contribution is 2.21. The molecule has 1 N–H and O–H groups in total. The maximum Gasteiger partial charge on any atom is 0.256 e. The molecule has 1 fully saturated rings. The molecule has 1 aliphatic rings. The Morgan fingerprint density at radius 1 is 1.25 bits per heavy atom. The fraction of sp³-hybridized carbons (Fsp3) is 0.333. The van der Waals surface area contributed by atoms with Crippen molar-refractivity contribution in [3.8, 4) is 0 Å². The van der Waals surface area contributed by atoms with Crippen LogP contribution in [0.4, 0.5) is 5.82 Å². The van der Waals surface area contributed by atoms with Crippen LogP contribution in [0.5, 0.6) is 0 Å². The van der Waals surface area contributed by atoms with Gasteiger partial charge in [-0.05, 0) is 56.0 Å². The van der Waals surface area contributed by atoms with Gasteiger partial charge in [0.25, 0.3) is 5.91 Å². The van der Waals surface area contributed by atoms with Crippen molar-refractivity contribution in [2.45, 2.75) is 32.2 Å². The zero-order valence-corrected chi connectivity index (χ0v) is 13.6. The predicted molar refractivity (Wildman–Crippen MR) is 90.5 cm³/mol. The van der Waals surface area contributed by atoms with Crippen LogP contribution in [-0.4, -0.2) is 39.3 Å². The zero-order valence-electron chi connectivity index (χ0n) is 13.6. The highest BCUT2D eigenvalue weighted by molar-refractivity contribution is 6.00. The van der Waals surface area contributed by atoms with Crippen molar-refractivity contribution in [1.82, 2.24) is 14.9 Å². The number of aromatic nitrogens is 2. The Balaban J connectivity index is 1.76. The van der Waals surface area contributed by atoms with E-state index in [4.69, 9.17) is 0 Å². The van der Waals surface area contributed by atoms with Gasteiger partial charge in [-0.2, -0.15) is 0 Å². The molecule has 0 radical (unpaired) electrons. The molecular formula is C18H20N4O2. The SMILES string of the molecule is Cc1ccnc(NC(=O)C2CCCCN2C(=O)c2cccnc2)c1. The summed E-state index contributed by atoms with van der Waals surface area (Å²) in [4.78, 5) is 35.2. The summed E-state index contributed by atoms with van der Waals surface area (Å²) < 4.78 is 0. The summed E-state index contributed by atoms with van der Waals surface area (Å²) in [7, 11) is 0. The number of nitrogens with one attached hydrogen (secondary N) is 1. The standard InChI is InChI=1S/C18H20N4O2/c1-13-7-9-20-16(11-13)21-17(23)15-6-2-3-10-22(15)18(24)14-5-4-8-19-12-14/h4-5,7-9,11-12,15H,2-3,6,10H2,1H3,(H,20,21,23). The number of amides is 2. The molecule has 3 heterocycles. The van der Waals surface area contributed by atoms with E-state index in [9.17, 15) is 9.59 Å². The first-order valence-corrected chi connectivity index (χ1v) is 8.09. The molecule has 3 rings (SSSR count). The molecular weight excluding hydrogens is 304 g/mol. The number of carbonyl (C=O) groups is 2. The Kier molecular flexibility index (Phi) is 4.84. The normalized spacial score (nSPS) is 17.4. The second-order valence-electron chi connectivity index (χ2n) is 5.96. The van der Waals surface area contributed by atoms with E-state index in [0.29, 0.717) is 24.3 Å². The second-order valence-corrected chi connectivity index (χ2v) is 5.96. The molecule has 1 atom stereocenters. The van der Waals surface area contributed by atoms with Gasteiger partial charge in [-0.15, -0.1) is 0 Å². The molecule has 6 nitrogen and oxygen atoms in total. The second kappa shape index (κ2) is 7.21. The lowest BCUT2D eigenvalue weighted by Crippen LogP contribution is -2.50. The van der Waals surface area contributed by atoms with Gasteiger partial charge in [0.15, 0.2) is 0 Å². The summed E-state index contributed by atoms with van der Waals surface area (Å²) in [6.07, 6.45) is 7.30. The largest absolute Gasteiger partial charge is 0.327 e. The van der Waals surface area contributed by atoms with E-state index in [1.165, 1.54) is 6.20 Å². The topological polar surface area (TPSA) is 75.2 Å². The first-order valence-electron chi connectivity index (χ1n) is 8.09. The van der Waals surface area contributed by atoms with Gasteiger partial charge < -0.3 is 10.2 Å².